The van der Waals surface area contributed by atoms with Gasteiger partial charge in [0.15, 0.2) is 5.76 Å². The average Bonchev–Trinajstić information content (AvgIpc) is 3.35. The quantitative estimate of drug-likeness (QED) is 0.905. The second-order valence-corrected chi connectivity index (χ2v) is 6.05. The number of hydrogen-bond donors (Lipinski definition) is 1. The Labute approximate surface area is 134 Å². The molecule has 122 valence electrons. The third-order valence-electron chi connectivity index (χ3n) is 4.05. The van der Waals surface area contributed by atoms with Crippen LogP contribution in [0.3, 0.4) is 0 Å². The van der Waals surface area contributed by atoms with Crippen molar-refractivity contribution in [2.24, 2.45) is 0 Å². The Morgan fingerprint density at radius 1 is 1.30 bits per heavy atom. The molecule has 0 radical (unpaired) electrons. The van der Waals surface area contributed by atoms with Gasteiger partial charge in [-0.3, -0.25) is 0 Å². The molecule has 2 aromatic heterocycles. The van der Waals surface area contributed by atoms with Crippen LogP contribution in [0.4, 0.5) is 5.95 Å². The van der Waals surface area contributed by atoms with Crippen LogP contribution in [-0.2, 0) is 9.47 Å². The number of nitrogens with zero attached hydrogens (tertiary/aromatic N) is 3. The zero-order valence-electron chi connectivity index (χ0n) is 13.1. The molecule has 1 N–H and O–H groups in total. The lowest BCUT2D eigenvalue weighted by Gasteiger charge is -2.23. The fraction of sp³-hybridized carbons (Fsp3) is 0.562. The van der Waals surface area contributed by atoms with E-state index in [9.17, 15) is 0 Å². The lowest BCUT2D eigenvalue weighted by atomic mass is 10.1. The fourth-order valence-corrected chi connectivity index (χ4v) is 2.69. The maximum absolute atomic E-state index is 5.62. The molecule has 2 fully saturated rings. The standard InChI is InChI=1S/C16H20N4O3/c1-10-6-14(23-20-10)13-8-18-16(19-15(13)11-2-3-11)17-7-12-9-21-4-5-22-12/h6,8,11-12H,2-5,7,9H2,1H3,(H,17,18,19)/t12-/m0/s1. The molecule has 7 nitrogen and oxygen atoms in total. The van der Waals surface area contributed by atoms with Crippen molar-refractivity contribution in [1.82, 2.24) is 15.1 Å². The van der Waals surface area contributed by atoms with Gasteiger partial charge in [-0.15, -0.1) is 0 Å². The van der Waals surface area contributed by atoms with E-state index >= 15 is 0 Å². The second kappa shape index (κ2) is 6.25. The van der Waals surface area contributed by atoms with Crippen LogP contribution < -0.4 is 5.32 Å². The van der Waals surface area contributed by atoms with Crippen LogP contribution in [0.25, 0.3) is 11.3 Å². The average molecular weight is 316 g/mol. The molecule has 0 amide bonds. The maximum Gasteiger partial charge on any atom is 0.222 e. The van der Waals surface area contributed by atoms with Gasteiger partial charge in [-0.25, -0.2) is 9.97 Å². The Kier molecular flexibility index (Phi) is 3.97. The number of ether oxygens (including phenoxy) is 2. The van der Waals surface area contributed by atoms with Crippen LogP contribution in [-0.4, -0.2) is 47.6 Å². The summed E-state index contributed by atoms with van der Waals surface area (Å²) in [6, 6.07) is 1.92. The number of hydrogen-bond acceptors (Lipinski definition) is 7. The Morgan fingerprint density at radius 3 is 2.91 bits per heavy atom. The summed E-state index contributed by atoms with van der Waals surface area (Å²) in [6.45, 7) is 4.48. The molecule has 0 unspecified atom stereocenters. The van der Waals surface area contributed by atoms with Gasteiger partial charge in [0.1, 0.15) is 0 Å². The van der Waals surface area contributed by atoms with Crippen molar-refractivity contribution in [3.63, 3.8) is 0 Å². The molecule has 23 heavy (non-hydrogen) atoms. The molecular weight excluding hydrogens is 296 g/mol. The van der Waals surface area contributed by atoms with Crippen molar-refractivity contribution in [1.29, 1.82) is 0 Å². The van der Waals surface area contributed by atoms with Gasteiger partial charge in [-0.05, 0) is 19.8 Å². The summed E-state index contributed by atoms with van der Waals surface area (Å²) in [7, 11) is 0. The molecule has 0 spiro atoms. The molecule has 0 aromatic carbocycles. The van der Waals surface area contributed by atoms with Gasteiger partial charge in [-0.1, -0.05) is 5.16 Å². The molecule has 4 rings (SSSR count). The summed E-state index contributed by atoms with van der Waals surface area (Å²) in [5, 5.41) is 7.21. The van der Waals surface area contributed by atoms with Crippen LogP contribution in [0.15, 0.2) is 16.8 Å². The predicted molar refractivity (Wildman–Crippen MR) is 83.3 cm³/mol. The van der Waals surface area contributed by atoms with E-state index in [1.807, 2.05) is 19.2 Å². The lowest BCUT2D eigenvalue weighted by molar-refractivity contribution is -0.0819. The minimum absolute atomic E-state index is 0.0494. The van der Waals surface area contributed by atoms with Crippen LogP contribution in [0.2, 0.25) is 0 Å². The monoisotopic (exact) mass is 316 g/mol. The number of aryl methyl sites for hydroxylation is 1. The molecule has 1 saturated heterocycles. The molecule has 1 aliphatic heterocycles. The van der Waals surface area contributed by atoms with Gasteiger partial charge in [-0.2, -0.15) is 0 Å². The molecular formula is C16H20N4O3. The van der Waals surface area contributed by atoms with Crippen LogP contribution in [0.5, 0.6) is 0 Å². The normalized spacial score (nSPS) is 21.3. The highest BCUT2D eigenvalue weighted by molar-refractivity contribution is 5.61. The van der Waals surface area contributed by atoms with Gasteiger partial charge in [0, 0.05) is 24.7 Å². The van der Waals surface area contributed by atoms with Gasteiger partial charge >= 0.3 is 0 Å². The smallest absolute Gasteiger partial charge is 0.222 e. The Hall–Kier alpha value is -1.99. The molecule has 7 heteroatoms. The van der Waals surface area contributed by atoms with E-state index in [4.69, 9.17) is 19.0 Å². The highest BCUT2D eigenvalue weighted by Gasteiger charge is 2.30. The molecule has 2 aliphatic rings. The SMILES string of the molecule is Cc1cc(-c2cnc(NC[C@H]3COCCO3)nc2C2CC2)on1. The van der Waals surface area contributed by atoms with Gasteiger partial charge in [0.25, 0.3) is 0 Å². The second-order valence-electron chi connectivity index (χ2n) is 6.05. The molecule has 3 heterocycles. The summed E-state index contributed by atoms with van der Waals surface area (Å²) in [4.78, 5) is 9.11. The van der Waals surface area contributed by atoms with Crippen molar-refractivity contribution in [2.75, 3.05) is 31.7 Å². The third kappa shape index (κ3) is 3.35. The van der Waals surface area contributed by atoms with Crippen molar-refractivity contribution in [3.05, 3.63) is 23.7 Å². The van der Waals surface area contributed by atoms with E-state index in [-0.39, 0.29) is 6.10 Å². The summed E-state index contributed by atoms with van der Waals surface area (Å²) in [5.74, 6) is 1.86. The number of nitrogens with one attached hydrogen (secondary N) is 1. The van der Waals surface area contributed by atoms with E-state index in [1.165, 1.54) is 0 Å². The largest absolute Gasteiger partial charge is 0.376 e. The van der Waals surface area contributed by atoms with E-state index in [0.717, 1.165) is 35.6 Å². The van der Waals surface area contributed by atoms with Crippen molar-refractivity contribution in [2.45, 2.75) is 31.8 Å². The van der Waals surface area contributed by atoms with Crippen molar-refractivity contribution in [3.8, 4) is 11.3 Å². The van der Waals surface area contributed by atoms with E-state index < -0.39 is 0 Å². The van der Waals surface area contributed by atoms with Crippen LogP contribution >= 0.6 is 0 Å². The van der Waals surface area contributed by atoms with Gasteiger partial charge in [0.05, 0.1) is 42.9 Å². The minimum atomic E-state index is 0.0494. The zero-order valence-corrected chi connectivity index (χ0v) is 13.1. The minimum Gasteiger partial charge on any atom is -0.376 e. The summed E-state index contributed by atoms with van der Waals surface area (Å²) in [5.41, 5.74) is 2.84. The topological polar surface area (TPSA) is 82.3 Å². The van der Waals surface area contributed by atoms with Crippen LogP contribution in [0.1, 0.15) is 30.1 Å². The first-order valence-corrected chi connectivity index (χ1v) is 8.03. The first kappa shape index (κ1) is 14.6. The van der Waals surface area contributed by atoms with E-state index in [1.54, 1.807) is 0 Å². The highest BCUT2D eigenvalue weighted by atomic mass is 16.6. The maximum atomic E-state index is 5.62. The number of anilines is 1. The Balaban J connectivity index is 1.51. The molecule has 1 atom stereocenters. The highest BCUT2D eigenvalue weighted by Crippen LogP contribution is 2.43. The van der Waals surface area contributed by atoms with E-state index in [0.29, 0.717) is 38.2 Å². The van der Waals surface area contributed by atoms with Crippen molar-refractivity contribution < 1.29 is 14.0 Å². The summed E-state index contributed by atoms with van der Waals surface area (Å²) < 4.78 is 16.4. The predicted octanol–water partition coefficient (Wildman–Crippen LogP) is 2.14. The Bertz CT molecular complexity index is 678. The molecule has 0 bridgehead atoms. The van der Waals surface area contributed by atoms with E-state index in [2.05, 4.69) is 15.5 Å². The molecule has 2 aromatic rings. The Morgan fingerprint density at radius 2 is 2.22 bits per heavy atom. The summed E-state index contributed by atoms with van der Waals surface area (Å²) >= 11 is 0. The van der Waals surface area contributed by atoms with Gasteiger partial charge in [0.2, 0.25) is 5.95 Å². The third-order valence-corrected chi connectivity index (χ3v) is 4.05. The van der Waals surface area contributed by atoms with Crippen LogP contribution in [0, 0.1) is 6.92 Å². The zero-order chi connectivity index (χ0) is 15.6. The van der Waals surface area contributed by atoms with Crippen molar-refractivity contribution >= 4 is 5.95 Å². The molecule has 1 aliphatic carbocycles. The number of rotatable bonds is 5. The fourth-order valence-electron chi connectivity index (χ4n) is 2.69. The first-order valence-electron chi connectivity index (χ1n) is 8.03. The van der Waals surface area contributed by atoms with Gasteiger partial charge < -0.3 is 19.3 Å². The lowest BCUT2D eigenvalue weighted by Crippen LogP contribution is -2.34. The molecule has 1 saturated carbocycles. The number of aromatic nitrogens is 3. The summed E-state index contributed by atoms with van der Waals surface area (Å²) in [6.07, 6.45) is 4.20. The first-order chi connectivity index (χ1) is 11.3.